The Kier molecular flexibility index (Phi) is 5.46. The number of amides is 2. The molecule has 2 heterocycles. The number of H-pyrrole nitrogens is 1. The van der Waals surface area contributed by atoms with Gasteiger partial charge in [-0.1, -0.05) is 48.5 Å². The Hall–Kier alpha value is -3.86. The average Bonchev–Trinajstić information content (AvgIpc) is 3.19. The molecule has 0 unspecified atom stereocenters. The van der Waals surface area contributed by atoms with Crippen LogP contribution in [-0.4, -0.2) is 52.8 Å². The van der Waals surface area contributed by atoms with Gasteiger partial charge in [-0.2, -0.15) is 0 Å². The molecular weight excluding hydrogens is 398 g/mol. The molecule has 0 bridgehead atoms. The largest absolute Gasteiger partial charge is 0.361 e. The van der Waals surface area contributed by atoms with Crippen LogP contribution in [0.15, 0.2) is 85.1 Å². The summed E-state index contributed by atoms with van der Waals surface area (Å²) in [5.74, 6) is 0.0368. The molecule has 1 N–H and O–H groups in total. The maximum Gasteiger partial charge on any atom is 0.253 e. The van der Waals surface area contributed by atoms with Gasteiger partial charge < -0.3 is 14.8 Å². The first-order valence-corrected chi connectivity index (χ1v) is 11.0. The molecule has 1 aromatic heterocycles. The van der Waals surface area contributed by atoms with Crippen molar-refractivity contribution in [1.29, 1.82) is 0 Å². The molecule has 160 valence electrons. The summed E-state index contributed by atoms with van der Waals surface area (Å²) < 4.78 is 0. The van der Waals surface area contributed by atoms with Gasteiger partial charge in [0.25, 0.3) is 11.8 Å². The minimum absolute atomic E-state index is 0.0167. The van der Waals surface area contributed by atoms with Crippen LogP contribution in [0.3, 0.4) is 0 Å². The lowest BCUT2D eigenvalue weighted by atomic mass is 10.0. The minimum Gasteiger partial charge on any atom is -0.361 e. The normalized spacial score (nSPS) is 14.4. The highest BCUT2D eigenvalue weighted by Crippen LogP contribution is 2.21. The van der Waals surface area contributed by atoms with Crippen molar-refractivity contribution in [2.24, 2.45) is 0 Å². The van der Waals surface area contributed by atoms with Crippen LogP contribution in [0.1, 0.15) is 27.1 Å². The summed E-state index contributed by atoms with van der Waals surface area (Å²) in [5, 5.41) is 1.09. The zero-order valence-electron chi connectivity index (χ0n) is 17.8. The van der Waals surface area contributed by atoms with Crippen LogP contribution in [0.2, 0.25) is 0 Å². The van der Waals surface area contributed by atoms with Gasteiger partial charge in [0.2, 0.25) is 0 Å². The van der Waals surface area contributed by atoms with Crippen LogP contribution in [0, 0.1) is 0 Å². The molecule has 2 amide bonds. The van der Waals surface area contributed by atoms with Crippen LogP contribution in [0.5, 0.6) is 0 Å². The first-order valence-electron chi connectivity index (χ1n) is 11.0. The Bertz CT molecular complexity index is 1240. The molecule has 3 aromatic carbocycles. The van der Waals surface area contributed by atoms with Crippen LogP contribution in [0.25, 0.3) is 22.0 Å². The van der Waals surface area contributed by atoms with E-state index in [0.717, 1.165) is 28.5 Å². The Morgan fingerprint density at radius 2 is 1.28 bits per heavy atom. The van der Waals surface area contributed by atoms with Crippen molar-refractivity contribution in [2.75, 3.05) is 26.2 Å². The summed E-state index contributed by atoms with van der Waals surface area (Å²) in [7, 11) is 0. The lowest BCUT2D eigenvalue weighted by Gasteiger charge is -2.22. The molecule has 1 fully saturated rings. The van der Waals surface area contributed by atoms with Gasteiger partial charge in [0.15, 0.2) is 0 Å². The first kappa shape index (κ1) is 20.1. The lowest BCUT2D eigenvalue weighted by Crippen LogP contribution is -2.37. The van der Waals surface area contributed by atoms with E-state index in [1.807, 2.05) is 82.7 Å². The van der Waals surface area contributed by atoms with Crippen molar-refractivity contribution in [3.05, 3.63) is 96.2 Å². The number of carbonyl (C=O) groups is 2. The van der Waals surface area contributed by atoms with Crippen molar-refractivity contribution >= 4 is 22.7 Å². The Labute approximate surface area is 187 Å². The molecule has 1 aliphatic heterocycles. The topological polar surface area (TPSA) is 56.4 Å². The molecule has 32 heavy (non-hydrogen) atoms. The minimum atomic E-state index is 0.0167. The highest BCUT2D eigenvalue weighted by atomic mass is 16.2. The van der Waals surface area contributed by atoms with E-state index < -0.39 is 0 Å². The molecule has 0 atom stereocenters. The third kappa shape index (κ3) is 4.02. The second kappa shape index (κ2) is 8.71. The van der Waals surface area contributed by atoms with E-state index in [2.05, 4.69) is 17.1 Å². The molecule has 0 radical (unpaired) electrons. The van der Waals surface area contributed by atoms with Gasteiger partial charge in [-0.25, -0.2) is 0 Å². The summed E-state index contributed by atoms with van der Waals surface area (Å²) in [6.07, 6.45) is 2.64. The molecule has 5 heteroatoms. The monoisotopic (exact) mass is 423 g/mol. The van der Waals surface area contributed by atoms with E-state index >= 15 is 0 Å². The number of hydrogen-bond acceptors (Lipinski definition) is 2. The van der Waals surface area contributed by atoms with Gasteiger partial charge in [0.05, 0.1) is 0 Å². The summed E-state index contributed by atoms with van der Waals surface area (Å²) in [6.45, 7) is 2.38. The van der Waals surface area contributed by atoms with E-state index in [0.29, 0.717) is 37.3 Å². The molecule has 5 rings (SSSR count). The molecule has 0 aliphatic carbocycles. The number of benzene rings is 3. The number of aromatic nitrogens is 1. The summed E-state index contributed by atoms with van der Waals surface area (Å²) >= 11 is 0. The maximum atomic E-state index is 13.1. The smallest absolute Gasteiger partial charge is 0.253 e. The Morgan fingerprint density at radius 3 is 2.00 bits per heavy atom. The number of carbonyl (C=O) groups excluding carboxylic acids is 2. The van der Waals surface area contributed by atoms with E-state index in [4.69, 9.17) is 0 Å². The highest BCUT2D eigenvalue weighted by Gasteiger charge is 2.23. The predicted octanol–water partition coefficient (Wildman–Crippen LogP) is 4.82. The number of nitrogens with zero attached hydrogens (tertiary/aromatic N) is 2. The summed E-state index contributed by atoms with van der Waals surface area (Å²) in [5.41, 5.74) is 4.54. The van der Waals surface area contributed by atoms with Gasteiger partial charge in [-0.05, 0) is 53.3 Å². The number of fused-ring (bicyclic) bond motifs is 1. The second-order valence-corrected chi connectivity index (χ2v) is 8.16. The molecular formula is C27H25N3O2. The quantitative estimate of drug-likeness (QED) is 0.513. The maximum absolute atomic E-state index is 13.1. The van der Waals surface area contributed by atoms with E-state index in [-0.39, 0.29) is 11.8 Å². The van der Waals surface area contributed by atoms with Crippen molar-refractivity contribution < 1.29 is 9.59 Å². The van der Waals surface area contributed by atoms with Crippen LogP contribution < -0.4 is 0 Å². The predicted molar refractivity (Wildman–Crippen MR) is 127 cm³/mol. The van der Waals surface area contributed by atoms with Crippen LogP contribution in [0.4, 0.5) is 0 Å². The molecule has 4 aromatic rings. The fourth-order valence-electron chi connectivity index (χ4n) is 4.31. The van der Waals surface area contributed by atoms with Gasteiger partial charge >= 0.3 is 0 Å². The standard InChI is InChI=1S/C27H25N3O2/c31-26(23-10-7-21(8-11-23)20-5-2-1-3-6-20)29-15-4-16-30(18-17-29)27(32)24-12-9-22-13-14-28-25(22)19-24/h1-3,5-14,19,28H,4,15-18H2. The first-order chi connectivity index (χ1) is 15.7. The molecule has 0 spiro atoms. The van der Waals surface area contributed by atoms with E-state index in [1.54, 1.807) is 0 Å². The van der Waals surface area contributed by atoms with Crippen molar-refractivity contribution in [1.82, 2.24) is 14.8 Å². The third-order valence-electron chi connectivity index (χ3n) is 6.11. The second-order valence-electron chi connectivity index (χ2n) is 8.16. The molecule has 0 saturated carbocycles. The fourth-order valence-corrected chi connectivity index (χ4v) is 4.31. The molecule has 1 saturated heterocycles. The zero-order chi connectivity index (χ0) is 21.9. The summed E-state index contributed by atoms with van der Waals surface area (Å²) in [6, 6.07) is 25.6. The van der Waals surface area contributed by atoms with Gasteiger partial charge in [-0.3, -0.25) is 9.59 Å². The fraction of sp³-hybridized carbons (Fsp3) is 0.185. The van der Waals surface area contributed by atoms with Gasteiger partial charge in [0.1, 0.15) is 0 Å². The average molecular weight is 424 g/mol. The van der Waals surface area contributed by atoms with Gasteiger partial charge in [-0.15, -0.1) is 0 Å². The van der Waals surface area contributed by atoms with Crippen LogP contribution in [-0.2, 0) is 0 Å². The molecule has 1 aliphatic rings. The van der Waals surface area contributed by atoms with E-state index in [9.17, 15) is 9.59 Å². The van der Waals surface area contributed by atoms with Crippen molar-refractivity contribution in [3.8, 4) is 11.1 Å². The zero-order valence-corrected chi connectivity index (χ0v) is 17.8. The number of rotatable bonds is 3. The van der Waals surface area contributed by atoms with Crippen molar-refractivity contribution in [2.45, 2.75) is 6.42 Å². The Morgan fingerprint density at radius 1 is 0.656 bits per heavy atom. The highest BCUT2D eigenvalue weighted by molar-refractivity contribution is 5.98. The van der Waals surface area contributed by atoms with Crippen LogP contribution >= 0.6 is 0 Å². The number of aromatic amines is 1. The Balaban J connectivity index is 1.25. The van der Waals surface area contributed by atoms with Crippen molar-refractivity contribution in [3.63, 3.8) is 0 Å². The molecule has 5 nitrogen and oxygen atoms in total. The number of nitrogens with one attached hydrogen (secondary N) is 1. The summed E-state index contributed by atoms with van der Waals surface area (Å²) in [4.78, 5) is 33.0. The third-order valence-corrected chi connectivity index (χ3v) is 6.11. The van der Waals surface area contributed by atoms with Gasteiger partial charge in [0, 0.05) is 49.0 Å². The SMILES string of the molecule is O=C(c1ccc(-c2ccccc2)cc1)N1CCCN(C(=O)c2ccc3cc[nH]c3c2)CC1. The van der Waals surface area contributed by atoms with E-state index in [1.165, 1.54) is 0 Å². The lowest BCUT2D eigenvalue weighted by molar-refractivity contribution is 0.0719. The number of hydrogen-bond donors (Lipinski definition) is 1.